The number of para-hydroxylation sites is 1. The molecule has 0 amide bonds. The molecule has 0 fully saturated rings. The molecule has 1 atom stereocenters. The zero-order valence-electron chi connectivity index (χ0n) is 11.6. The minimum Gasteiger partial charge on any atom is -0.496 e. The van der Waals surface area contributed by atoms with Gasteiger partial charge in [0.05, 0.1) is 19.8 Å². The van der Waals surface area contributed by atoms with E-state index in [9.17, 15) is 5.11 Å². The zero-order chi connectivity index (χ0) is 14.4. The molecule has 0 aliphatic rings. The molecule has 1 unspecified atom stereocenters. The minimum absolute atomic E-state index is 0.126. The lowest BCUT2D eigenvalue weighted by atomic mass is 10.1. The number of aliphatic hydroxyl groups excluding tert-OH is 1. The summed E-state index contributed by atoms with van der Waals surface area (Å²) in [6.07, 6.45) is -0.832. The van der Waals surface area contributed by atoms with Crippen LogP contribution < -0.4 is 14.2 Å². The number of aliphatic hydroxyl groups is 1. The highest BCUT2D eigenvalue weighted by Crippen LogP contribution is 2.34. The molecule has 0 aliphatic heterocycles. The molecule has 0 aromatic heterocycles. The van der Waals surface area contributed by atoms with Crippen LogP contribution in [-0.2, 0) is 0 Å². The Morgan fingerprint density at radius 1 is 0.900 bits per heavy atom. The van der Waals surface area contributed by atoms with E-state index in [1.54, 1.807) is 26.4 Å². The first-order chi connectivity index (χ1) is 9.76. The Labute approximate surface area is 118 Å². The van der Waals surface area contributed by atoms with Gasteiger partial charge in [0.15, 0.2) is 0 Å². The van der Waals surface area contributed by atoms with E-state index in [2.05, 4.69) is 0 Å². The predicted octanol–water partition coefficient (Wildman–Crippen LogP) is 2.82. The highest BCUT2D eigenvalue weighted by atomic mass is 16.5. The van der Waals surface area contributed by atoms with Gasteiger partial charge in [0.1, 0.15) is 30.0 Å². The third-order valence-electron chi connectivity index (χ3n) is 2.95. The molecule has 106 valence electrons. The van der Waals surface area contributed by atoms with Crippen molar-refractivity contribution in [3.05, 3.63) is 54.1 Å². The molecule has 20 heavy (non-hydrogen) atoms. The number of methoxy groups -OCH3 is 2. The molecule has 2 rings (SSSR count). The summed E-state index contributed by atoms with van der Waals surface area (Å²) < 4.78 is 16.1. The summed E-state index contributed by atoms with van der Waals surface area (Å²) >= 11 is 0. The third-order valence-corrected chi connectivity index (χ3v) is 2.95. The quantitative estimate of drug-likeness (QED) is 0.880. The van der Waals surface area contributed by atoms with E-state index in [1.165, 1.54) is 0 Å². The molecule has 0 saturated heterocycles. The second-order valence-electron chi connectivity index (χ2n) is 4.22. The number of hydrogen-bond donors (Lipinski definition) is 1. The molecule has 4 nitrogen and oxygen atoms in total. The van der Waals surface area contributed by atoms with E-state index in [1.807, 2.05) is 36.4 Å². The molecule has 0 spiro atoms. The molecule has 0 bridgehead atoms. The Balaban J connectivity index is 2.14. The second-order valence-corrected chi connectivity index (χ2v) is 4.22. The first-order valence-electron chi connectivity index (χ1n) is 6.33. The molecular formula is C16H18O4. The zero-order valence-corrected chi connectivity index (χ0v) is 11.6. The SMILES string of the molecule is COc1cccc(OC)c1C(O)COc1ccccc1. The van der Waals surface area contributed by atoms with Crippen LogP contribution in [0.4, 0.5) is 0 Å². The van der Waals surface area contributed by atoms with Crippen molar-refractivity contribution in [1.29, 1.82) is 0 Å². The van der Waals surface area contributed by atoms with E-state index in [0.717, 1.165) is 0 Å². The summed E-state index contributed by atoms with van der Waals surface area (Å²) in [5.74, 6) is 1.86. The molecule has 0 heterocycles. The molecule has 2 aromatic rings. The lowest BCUT2D eigenvalue weighted by Crippen LogP contribution is -2.12. The number of ether oxygens (including phenoxy) is 3. The fraction of sp³-hybridized carbons (Fsp3) is 0.250. The molecule has 0 radical (unpaired) electrons. The van der Waals surface area contributed by atoms with Crippen molar-refractivity contribution in [2.45, 2.75) is 6.10 Å². The maximum atomic E-state index is 10.3. The highest BCUT2D eigenvalue weighted by Gasteiger charge is 2.19. The van der Waals surface area contributed by atoms with Crippen LogP contribution in [0.15, 0.2) is 48.5 Å². The predicted molar refractivity (Wildman–Crippen MR) is 76.4 cm³/mol. The monoisotopic (exact) mass is 274 g/mol. The Bertz CT molecular complexity index is 517. The van der Waals surface area contributed by atoms with Gasteiger partial charge in [0, 0.05) is 0 Å². The van der Waals surface area contributed by atoms with Gasteiger partial charge < -0.3 is 19.3 Å². The molecule has 2 aromatic carbocycles. The molecule has 1 N–H and O–H groups in total. The van der Waals surface area contributed by atoms with Gasteiger partial charge in [-0.15, -0.1) is 0 Å². The maximum absolute atomic E-state index is 10.3. The van der Waals surface area contributed by atoms with Gasteiger partial charge in [-0.25, -0.2) is 0 Å². The molecular weight excluding hydrogens is 256 g/mol. The van der Waals surface area contributed by atoms with Crippen molar-refractivity contribution in [3.8, 4) is 17.2 Å². The highest BCUT2D eigenvalue weighted by molar-refractivity contribution is 5.46. The Kier molecular flexibility index (Phi) is 4.85. The van der Waals surface area contributed by atoms with Crippen molar-refractivity contribution in [1.82, 2.24) is 0 Å². The van der Waals surface area contributed by atoms with Crippen LogP contribution >= 0.6 is 0 Å². The first kappa shape index (κ1) is 14.2. The Morgan fingerprint density at radius 2 is 1.50 bits per heavy atom. The van der Waals surface area contributed by atoms with Crippen LogP contribution in [0.1, 0.15) is 11.7 Å². The summed E-state index contributed by atoms with van der Waals surface area (Å²) in [5, 5.41) is 10.3. The minimum atomic E-state index is -0.832. The largest absolute Gasteiger partial charge is 0.496 e. The van der Waals surface area contributed by atoms with Gasteiger partial charge in [-0.2, -0.15) is 0 Å². The summed E-state index contributed by atoms with van der Waals surface area (Å²) in [6, 6.07) is 14.7. The maximum Gasteiger partial charge on any atom is 0.128 e. The third kappa shape index (κ3) is 3.22. The standard InChI is InChI=1S/C16H18O4/c1-18-14-9-6-10-15(19-2)16(14)13(17)11-20-12-7-4-3-5-8-12/h3-10,13,17H,11H2,1-2H3. The van der Waals surface area contributed by atoms with E-state index >= 15 is 0 Å². The van der Waals surface area contributed by atoms with E-state index in [-0.39, 0.29) is 6.61 Å². The lowest BCUT2D eigenvalue weighted by molar-refractivity contribution is 0.103. The van der Waals surface area contributed by atoms with Crippen molar-refractivity contribution >= 4 is 0 Å². The fourth-order valence-electron chi connectivity index (χ4n) is 1.98. The number of rotatable bonds is 6. The molecule has 4 heteroatoms. The van der Waals surface area contributed by atoms with Gasteiger partial charge in [-0.1, -0.05) is 24.3 Å². The molecule has 0 aliphatic carbocycles. The van der Waals surface area contributed by atoms with Gasteiger partial charge in [-0.05, 0) is 24.3 Å². The van der Waals surface area contributed by atoms with Crippen LogP contribution in [0.3, 0.4) is 0 Å². The second kappa shape index (κ2) is 6.82. The summed E-state index contributed by atoms with van der Waals surface area (Å²) in [6.45, 7) is 0.126. The first-order valence-corrected chi connectivity index (χ1v) is 6.33. The van der Waals surface area contributed by atoms with Gasteiger partial charge in [0.2, 0.25) is 0 Å². The average Bonchev–Trinajstić information content (AvgIpc) is 2.52. The van der Waals surface area contributed by atoms with Crippen molar-refractivity contribution in [3.63, 3.8) is 0 Å². The summed E-state index contributed by atoms with van der Waals surface area (Å²) in [5.41, 5.74) is 0.591. The Morgan fingerprint density at radius 3 is 2.05 bits per heavy atom. The van der Waals surface area contributed by atoms with Crippen LogP contribution in [-0.4, -0.2) is 25.9 Å². The molecule has 0 saturated carbocycles. The number of hydrogen-bond acceptors (Lipinski definition) is 4. The van der Waals surface area contributed by atoms with Crippen LogP contribution in [0.5, 0.6) is 17.2 Å². The van der Waals surface area contributed by atoms with Gasteiger partial charge in [0.25, 0.3) is 0 Å². The average molecular weight is 274 g/mol. The Hall–Kier alpha value is -2.20. The topological polar surface area (TPSA) is 47.9 Å². The smallest absolute Gasteiger partial charge is 0.128 e. The summed E-state index contributed by atoms with van der Waals surface area (Å²) in [4.78, 5) is 0. The lowest BCUT2D eigenvalue weighted by Gasteiger charge is -2.18. The van der Waals surface area contributed by atoms with Gasteiger partial charge in [-0.3, -0.25) is 0 Å². The van der Waals surface area contributed by atoms with Crippen LogP contribution in [0, 0.1) is 0 Å². The van der Waals surface area contributed by atoms with Crippen molar-refractivity contribution in [2.75, 3.05) is 20.8 Å². The van der Waals surface area contributed by atoms with E-state index in [4.69, 9.17) is 14.2 Å². The van der Waals surface area contributed by atoms with Gasteiger partial charge >= 0.3 is 0 Å². The van der Waals surface area contributed by atoms with Crippen molar-refractivity contribution < 1.29 is 19.3 Å². The normalized spacial score (nSPS) is 11.8. The van der Waals surface area contributed by atoms with E-state index < -0.39 is 6.10 Å². The van der Waals surface area contributed by atoms with Crippen LogP contribution in [0.25, 0.3) is 0 Å². The summed E-state index contributed by atoms with van der Waals surface area (Å²) in [7, 11) is 3.12. The number of benzene rings is 2. The van der Waals surface area contributed by atoms with E-state index in [0.29, 0.717) is 22.8 Å². The van der Waals surface area contributed by atoms with Crippen LogP contribution in [0.2, 0.25) is 0 Å². The van der Waals surface area contributed by atoms with Crippen molar-refractivity contribution in [2.24, 2.45) is 0 Å². The fourth-order valence-corrected chi connectivity index (χ4v) is 1.98.